The summed E-state index contributed by atoms with van der Waals surface area (Å²) in [5.74, 6) is -0.439. The minimum absolute atomic E-state index is 0.439. The molecule has 1 rings (SSSR count). The molecule has 0 aliphatic heterocycles. The van der Waals surface area contributed by atoms with Gasteiger partial charge < -0.3 is 11.1 Å². The van der Waals surface area contributed by atoms with Gasteiger partial charge in [0.2, 0.25) is 11.0 Å². The number of hydrogen-bond acceptors (Lipinski definition) is 7. The molecule has 0 unspecified atom stereocenters. The third kappa shape index (κ3) is 4.88. The van der Waals surface area contributed by atoms with Crippen LogP contribution in [0, 0.1) is 0 Å². The Kier molecular flexibility index (Phi) is 5.86. The molecule has 0 aliphatic rings. The summed E-state index contributed by atoms with van der Waals surface area (Å²) in [5, 5.41) is 13.3. The molecular weight excluding hydrogens is 274 g/mol. The predicted molar refractivity (Wildman–Crippen MR) is 71.7 cm³/mol. The monoisotopic (exact) mass is 289 g/mol. The molecule has 0 bridgehead atoms. The lowest BCUT2D eigenvalue weighted by atomic mass is 10.4. The van der Waals surface area contributed by atoms with E-state index in [9.17, 15) is 9.59 Å². The molecule has 0 spiro atoms. The second kappa shape index (κ2) is 7.17. The van der Waals surface area contributed by atoms with E-state index in [0.29, 0.717) is 4.34 Å². The molecule has 1 atom stereocenters. The van der Waals surface area contributed by atoms with Crippen LogP contribution in [-0.4, -0.2) is 33.9 Å². The van der Waals surface area contributed by atoms with E-state index >= 15 is 0 Å². The molecule has 100 valence electrons. The normalized spacial score (nSPS) is 11.9. The lowest BCUT2D eigenvalue weighted by Crippen LogP contribution is -2.39. The summed E-state index contributed by atoms with van der Waals surface area (Å²) >= 11 is 2.60. The summed E-state index contributed by atoms with van der Waals surface area (Å²) in [6.07, 6.45) is 0.999. The van der Waals surface area contributed by atoms with Crippen molar-refractivity contribution in [2.24, 2.45) is 5.73 Å². The number of amides is 3. The van der Waals surface area contributed by atoms with E-state index in [2.05, 4.69) is 22.4 Å². The first-order valence-corrected chi connectivity index (χ1v) is 7.07. The van der Waals surface area contributed by atoms with Crippen molar-refractivity contribution >= 4 is 40.2 Å². The molecule has 0 saturated carbocycles. The van der Waals surface area contributed by atoms with Crippen molar-refractivity contribution in [3.63, 3.8) is 0 Å². The lowest BCUT2D eigenvalue weighted by Gasteiger charge is -2.06. The van der Waals surface area contributed by atoms with E-state index in [1.54, 1.807) is 6.92 Å². The quantitative estimate of drug-likeness (QED) is 0.675. The van der Waals surface area contributed by atoms with Crippen LogP contribution in [-0.2, 0) is 4.79 Å². The van der Waals surface area contributed by atoms with E-state index < -0.39 is 17.2 Å². The van der Waals surface area contributed by atoms with Gasteiger partial charge in [0.05, 0.1) is 5.25 Å². The Morgan fingerprint density at radius 3 is 2.83 bits per heavy atom. The van der Waals surface area contributed by atoms with E-state index in [1.165, 1.54) is 23.1 Å². The van der Waals surface area contributed by atoms with Gasteiger partial charge >= 0.3 is 6.03 Å². The number of nitrogens with two attached hydrogens (primary N) is 1. The van der Waals surface area contributed by atoms with Crippen molar-refractivity contribution in [3.05, 3.63) is 0 Å². The van der Waals surface area contributed by atoms with Gasteiger partial charge in [0.25, 0.3) is 0 Å². The van der Waals surface area contributed by atoms with Crippen LogP contribution >= 0.6 is 23.1 Å². The van der Waals surface area contributed by atoms with Gasteiger partial charge in [0, 0.05) is 6.54 Å². The molecule has 1 heterocycles. The molecular formula is C9H15N5O2S2. The number of imide groups is 1. The van der Waals surface area contributed by atoms with Crippen molar-refractivity contribution in [1.82, 2.24) is 15.5 Å². The molecule has 0 aliphatic carbocycles. The Morgan fingerprint density at radius 1 is 1.50 bits per heavy atom. The molecule has 0 aromatic carbocycles. The smallest absolute Gasteiger partial charge is 0.318 e. The third-order valence-electron chi connectivity index (χ3n) is 1.83. The molecule has 0 radical (unpaired) electrons. The Morgan fingerprint density at radius 2 is 2.22 bits per heavy atom. The van der Waals surface area contributed by atoms with Crippen molar-refractivity contribution in [2.45, 2.75) is 29.9 Å². The minimum Gasteiger partial charge on any atom is -0.360 e. The van der Waals surface area contributed by atoms with Gasteiger partial charge in [-0.3, -0.25) is 10.1 Å². The van der Waals surface area contributed by atoms with Crippen molar-refractivity contribution in [1.29, 1.82) is 0 Å². The van der Waals surface area contributed by atoms with E-state index in [0.717, 1.165) is 18.1 Å². The molecule has 0 fully saturated rings. The number of thioether (sulfide) groups is 1. The maximum Gasteiger partial charge on any atom is 0.318 e. The van der Waals surface area contributed by atoms with Gasteiger partial charge in [-0.25, -0.2) is 4.79 Å². The minimum atomic E-state index is -0.852. The summed E-state index contributed by atoms with van der Waals surface area (Å²) < 4.78 is 0.667. The summed E-state index contributed by atoms with van der Waals surface area (Å²) in [6, 6.07) is -0.852. The summed E-state index contributed by atoms with van der Waals surface area (Å²) in [5.41, 5.74) is 4.87. The number of primary amides is 1. The predicted octanol–water partition coefficient (Wildman–Crippen LogP) is 1.04. The highest BCUT2D eigenvalue weighted by Crippen LogP contribution is 2.28. The SMILES string of the molecule is CCCNc1nnc(S[C@@H](C)C(=O)NC(N)=O)s1. The second-order valence-electron chi connectivity index (χ2n) is 3.41. The third-order valence-corrected chi connectivity index (χ3v) is 3.89. The van der Waals surface area contributed by atoms with Crippen LogP contribution in [0.3, 0.4) is 0 Å². The average molecular weight is 289 g/mol. The molecule has 3 amide bonds. The number of anilines is 1. The Balaban J connectivity index is 2.48. The summed E-state index contributed by atoms with van der Waals surface area (Å²) in [6.45, 7) is 4.56. The number of rotatable bonds is 6. The van der Waals surface area contributed by atoms with Gasteiger partial charge in [-0.1, -0.05) is 30.0 Å². The van der Waals surface area contributed by atoms with Crippen LogP contribution in [0.5, 0.6) is 0 Å². The molecule has 1 aromatic heterocycles. The number of aromatic nitrogens is 2. The first-order chi connectivity index (χ1) is 8.52. The maximum absolute atomic E-state index is 11.4. The molecule has 1 aromatic rings. The molecule has 0 saturated heterocycles. The van der Waals surface area contributed by atoms with Gasteiger partial charge in [-0.2, -0.15) is 0 Å². The highest BCUT2D eigenvalue weighted by molar-refractivity contribution is 8.02. The molecule has 4 N–H and O–H groups in total. The van der Waals surface area contributed by atoms with E-state index in [-0.39, 0.29) is 0 Å². The summed E-state index contributed by atoms with van der Waals surface area (Å²) in [4.78, 5) is 22.0. The van der Waals surface area contributed by atoms with Crippen LogP contribution in [0.1, 0.15) is 20.3 Å². The zero-order chi connectivity index (χ0) is 13.5. The molecule has 18 heavy (non-hydrogen) atoms. The highest BCUT2D eigenvalue weighted by Gasteiger charge is 2.18. The van der Waals surface area contributed by atoms with Gasteiger partial charge in [0.1, 0.15) is 0 Å². The Labute approximate surface area is 113 Å². The van der Waals surface area contributed by atoms with Crippen LogP contribution in [0.2, 0.25) is 0 Å². The fourth-order valence-electron chi connectivity index (χ4n) is 0.989. The van der Waals surface area contributed by atoms with Crippen LogP contribution < -0.4 is 16.4 Å². The number of urea groups is 1. The van der Waals surface area contributed by atoms with Gasteiger partial charge in [-0.05, 0) is 13.3 Å². The first kappa shape index (κ1) is 14.7. The van der Waals surface area contributed by atoms with Crippen molar-refractivity contribution in [2.75, 3.05) is 11.9 Å². The fourth-order valence-corrected chi connectivity index (χ4v) is 2.91. The lowest BCUT2D eigenvalue weighted by molar-refractivity contribution is -0.119. The van der Waals surface area contributed by atoms with Gasteiger partial charge in [-0.15, -0.1) is 10.2 Å². The van der Waals surface area contributed by atoms with Crippen LogP contribution in [0.25, 0.3) is 0 Å². The number of hydrogen-bond donors (Lipinski definition) is 3. The van der Waals surface area contributed by atoms with E-state index in [4.69, 9.17) is 5.73 Å². The zero-order valence-electron chi connectivity index (χ0n) is 10.1. The number of nitrogens with one attached hydrogen (secondary N) is 2. The Bertz CT molecular complexity index is 423. The maximum atomic E-state index is 11.4. The van der Waals surface area contributed by atoms with E-state index in [1.807, 2.05) is 5.32 Å². The average Bonchev–Trinajstić information content (AvgIpc) is 2.73. The van der Waals surface area contributed by atoms with Crippen LogP contribution in [0.4, 0.5) is 9.93 Å². The molecule has 7 nitrogen and oxygen atoms in total. The zero-order valence-corrected chi connectivity index (χ0v) is 11.7. The van der Waals surface area contributed by atoms with Crippen LogP contribution in [0.15, 0.2) is 4.34 Å². The number of carbonyl (C=O) groups excluding carboxylic acids is 2. The topological polar surface area (TPSA) is 110 Å². The Hall–Kier alpha value is -1.35. The second-order valence-corrected chi connectivity index (χ2v) is 5.98. The molecule has 9 heteroatoms. The standard InChI is InChI=1S/C9H15N5O2S2/c1-3-4-11-8-13-14-9(18-8)17-5(2)6(15)12-7(10)16/h5H,3-4H2,1-2H3,(H,11,13)(H3,10,12,15,16)/t5-/m0/s1. The van der Waals surface area contributed by atoms with Crippen molar-refractivity contribution < 1.29 is 9.59 Å². The largest absolute Gasteiger partial charge is 0.360 e. The number of nitrogens with zero attached hydrogens (tertiary/aromatic N) is 2. The number of carbonyl (C=O) groups is 2. The van der Waals surface area contributed by atoms with Gasteiger partial charge in [0.15, 0.2) is 4.34 Å². The highest BCUT2D eigenvalue weighted by atomic mass is 32.2. The van der Waals surface area contributed by atoms with Crippen molar-refractivity contribution in [3.8, 4) is 0 Å². The fraction of sp³-hybridized carbons (Fsp3) is 0.556. The first-order valence-electron chi connectivity index (χ1n) is 5.37. The summed E-state index contributed by atoms with van der Waals surface area (Å²) in [7, 11) is 0.